The van der Waals surface area contributed by atoms with Gasteiger partial charge in [0.25, 0.3) is 5.56 Å². The number of ether oxygens (including phenoxy) is 1. The number of hydrogen-bond acceptors (Lipinski definition) is 9. The molecular formula is C23H40N7O7P. The van der Waals surface area contributed by atoms with E-state index in [1.807, 2.05) is 0 Å². The van der Waals surface area contributed by atoms with Crippen molar-refractivity contribution in [3.05, 3.63) is 43.0 Å². The molecule has 0 saturated carbocycles. The summed E-state index contributed by atoms with van der Waals surface area (Å²) in [5.41, 5.74) is 8.02. The van der Waals surface area contributed by atoms with Gasteiger partial charge in [0.15, 0.2) is 0 Å². The molecular weight excluding hydrogens is 517 g/mol. The Kier molecular flexibility index (Phi) is 12.0. The van der Waals surface area contributed by atoms with E-state index in [2.05, 4.69) is 31.9 Å². The van der Waals surface area contributed by atoms with Crippen molar-refractivity contribution >= 4 is 7.82 Å². The molecule has 14 nitrogen and oxygen atoms in total. The third-order valence-corrected chi connectivity index (χ3v) is 7.97. The number of aromatic amines is 1. The maximum Gasteiger partial charge on any atom is 0.472 e. The van der Waals surface area contributed by atoms with E-state index in [4.69, 9.17) is 19.3 Å². The number of nitrogens with one attached hydrogen (secondary N) is 1. The molecule has 4 atom stereocenters. The van der Waals surface area contributed by atoms with Crippen LogP contribution in [0.25, 0.3) is 10.4 Å². The highest BCUT2D eigenvalue weighted by atomic mass is 31.2. The first kappa shape index (κ1) is 30.5. The molecule has 3 heterocycles. The van der Waals surface area contributed by atoms with Gasteiger partial charge in [-0.2, -0.15) is 0 Å². The molecule has 0 aliphatic carbocycles. The van der Waals surface area contributed by atoms with Crippen molar-refractivity contribution in [1.29, 1.82) is 0 Å². The van der Waals surface area contributed by atoms with E-state index in [-0.39, 0.29) is 19.6 Å². The number of phosphoric acid groups is 1. The van der Waals surface area contributed by atoms with Crippen LogP contribution in [0, 0.1) is 6.92 Å². The topological polar surface area (TPSA) is 175 Å². The normalized spacial score (nSPS) is 24.2. The molecule has 0 radical (unpaired) electrons. The molecule has 2 N–H and O–H groups in total. The predicted molar refractivity (Wildman–Crippen MR) is 141 cm³/mol. The molecule has 0 aromatic carbocycles. The monoisotopic (exact) mass is 557 g/mol. The number of phosphoric ester groups is 1. The van der Waals surface area contributed by atoms with E-state index in [1.165, 1.54) is 23.6 Å². The maximum atomic E-state index is 12.3. The lowest BCUT2D eigenvalue weighted by Crippen LogP contribution is -2.44. The van der Waals surface area contributed by atoms with Crippen LogP contribution in [-0.2, 0) is 18.3 Å². The molecule has 1 aromatic rings. The van der Waals surface area contributed by atoms with Crippen LogP contribution in [0.2, 0.25) is 0 Å². The first-order valence-electron chi connectivity index (χ1n) is 13.2. The number of azide groups is 1. The fourth-order valence-corrected chi connectivity index (χ4v) is 5.39. The molecule has 2 fully saturated rings. The number of piperazine rings is 1. The number of aryl methyl sites for hydroxylation is 1. The highest BCUT2D eigenvalue weighted by Crippen LogP contribution is 2.44. The van der Waals surface area contributed by atoms with Gasteiger partial charge in [-0.15, -0.1) is 0 Å². The van der Waals surface area contributed by atoms with E-state index in [0.29, 0.717) is 12.0 Å². The molecule has 3 rings (SSSR count). The van der Waals surface area contributed by atoms with Gasteiger partial charge in [-0.05, 0) is 38.9 Å². The van der Waals surface area contributed by atoms with E-state index in [9.17, 15) is 19.0 Å². The Labute approximate surface area is 222 Å². The molecule has 1 unspecified atom stereocenters. The number of rotatable bonds is 15. The minimum Gasteiger partial charge on any atom is -0.352 e. The van der Waals surface area contributed by atoms with E-state index >= 15 is 0 Å². The molecule has 2 aliphatic heterocycles. The fourth-order valence-electron chi connectivity index (χ4n) is 4.62. The Morgan fingerprint density at radius 1 is 1.16 bits per heavy atom. The first-order chi connectivity index (χ1) is 18.2. The minimum atomic E-state index is -4.33. The average molecular weight is 558 g/mol. The van der Waals surface area contributed by atoms with Crippen molar-refractivity contribution in [2.45, 2.75) is 70.2 Å². The van der Waals surface area contributed by atoms with Crippen LogP contribution in [0.4, 0.5) is 0 Å². The quantitative estimate of drug-likeness (QED) is 0.108. The summed E-state index contributed by atoms with van der Waals surface area (Å²) in [6.45, 7) is 6.99. The second-order valence-electron chi connectivity index (χ2n) is 9.98. The average Bonchev–Trinajstić information content (AvgIpc) is 3.28. The minimum absolute atomic E-state index is 0.0923. The van der Waals surface area contributed by atoms with E-state index in [0.717, 1.165) is 52.0 Å². The van der Waals surface area contributed by atoms with Crippen molar-refractivity contribution in [1.82, 2.24) is 19.4 Å². The highest BCUT2D eigenvalue weighted by molar-refractivity contribution is 7.47. The summed E-state index contributed by atoms with van der Waals surface area (Å²) in [6.07, 6.45) is 5.86. The zero-order valence-corrected chi connectivity index (χ0v) is 23.1. The standard InChI is InChI=1S/C23H40N7O7P/c1-18-16-30(23(32)25-22(18)31)21-15-19(26-27-24)20(37-21)17-36-38(33,34)35-14-8-6-4-3-5-7-9-29-12-10-28(2)11-13-29/h16,19-21H,3-15,17H2,1-2H3,(H,33,34)(H,25,31,32)/t19-,20+,21+/m0/s1. The summed E-state index contributed by atoms with van der Waals surface area (Å²) in [5.74, 6) is 0. The molecule has 0 amide bonds. The van der Waals surface area contributed by atoms with Crippen LogP contribution in [0.5, 0.6) is 0 Å². The zero-order valence-electron chi connectivity index (χ0n) is 22.2. The molecule has 2 saturated heterocycles. The highest BCUT2D eigenvalue weighted by Gasteiger charge is 2.38. The summed E-state index contributed by atoms with van der Waals surface area (Å²) in [4.78, 5) is 43.7. The van der Waals surface area contributed by atoms with Crippen molar-refractivity contribution in [2.24, 2.45) is 5.11 Å². The maximum absolute atomic E-state index is 12.3. The molecule has 2 aliphatic rings. The van der Waals surface area contributed by atoms with Gasteiger partial charge < -0.3 is 19.4 Å². The fraction of sp³-hybridized carbons (Fsp3) is 0.826. The number of nitrogens with zero attached hydrogens (tertiary/aromatic N) is 6. The van der Waals surface area contributed by atoms with Crippen molar-refractivity contribution in [3.8, 4) is 0 Å². The van der Waals surface area contributed by atoms with Gasteiger partial charge in [0.05, 0.1) is 25.4 Å². The van der Waals surface area contributed by atoms with Crippen LogP contribution in [0.3, 0.4) is 0 Å². The lowest BCUT2D eigenvalue weighted by molar-refractivity contribution is -0.0284. The van der Waals surface area contributed by atoms with Gasteiger partial charge in [-0.25, -0.2) is 9.36 Å². The predicted octanol–water partition coefficient (Wildman–Crippen LogP) is 2.53. The van der Waals surface area contributed by atoms with Gasteiger partial charge >= 0.3 is 13.5 Å². The lowest BCUT2D eigenvalue weighted by Gasteiger charge is -2.32. The van der Waals surface area contributed by atoms with Gasteiger partial charge in [-0.3, -0.25) is 23.4 Å². The molecule has 0 bridgehead atoms. The zero-order chi connectivity index (χ0) is 27.5. The Hall–Kier alpha value is -2.02. The van der Waals surface area contributed by atoms with Crippen LogP contribution in [0.15, 0.2) is 20.9 Å². The van der Waals surface area contributed by atoms with Crippen LogP contribution < -0.4 is 11.2 Å². The molecule has 214 valence electrons. The second kappa shape index (κ2) is 14.9. The summed E-state index contributed by atoms with van der Waals surface area (Å²) in [7, 11) is -2.17. The van der Waals surface area contributed by atoms with Gasteiger partial charge in [0, 0.05) is 49.3 Å². The SMILES string of the molecule is Cc1cn([C@H]2C[C@H](N=[N+]=[N-])[C@@H](COP(=O)(O)OCCCCCCCCN3CCN(C)CC3)O2)c(=O)[nH]c1=O. The molecule has 0 spiro atoms. The Balaban J connectivity index is 1.32. The molecule has 38 heavy (non-hydrogen) atoms. The van der Waals surface area contributed by atoms with Gasteiger partial charge in [0.2, 0.25) is 0 Å². The Morgan fingerprint density at radius 2 is 1.84 bits per heavy atom. The number of unbranched alkanes of at least 4 members (excludes halogenated alkanes) is 5. The Bertz CT molecular complexity index is 1100. The summed E-state index contributed by atoms with van der Waals surface area (Å²) in [6, 6.07) is -0.736. The number of H-pyrrole nitrogens is 1. The number of aromatic nitrogens is 2. The van der Waals surface area contributed by atoms with Crippen molar-refractivity contribution in [2.75, 3.05) is 53.0 Å². The van der Waals surface area contributed by atoms with E-state index < -0.39 is 37.4 Å². The van der Waals surface area contributed by atoms with Crippen LogP contribution >= 0.6 is 7.82 Å². The summed E-state index contributed by atoms with van der Waals surface area (Å²) >= 11 is 0. The van der Waals surface area contributed by atoms with E-state index in [1.54, 1.807) is 6.92 Å². The number of likely N-dealkylation sites (N-methyl/N-ethyl adjacent to an activating group) is 1. The molecule has 1 aromatic heterocycles. The molecule has 15 heteroatoms. The second-order valence-corrected chi connectivity index (χ2v) is 11.4. The largest absolute Gasteiger partial charge is 0.472 e. The first-order valence-corrected chi connectivity index (χ1v) is 14.7. The number of hydrogen-bond donors (Lipinski definition) is 2. The Morgan fingerprint density at radius 3 is 2.55 bits per heavy atom. The van der Waals surface area contributed by atoms with Crippen LogP contribution in [0.1, 0.15) is 56.7 Å². The summed E-state index contributed by atoms with van der Waals surface area (Å²) < 4.78 is 29.5. The van der Waals surface area contributed by atoms with Gasteiger partial charge in [0.1, 0.15) is 6.23 Å². The lowest BCUT2D eigenvalue weighted by atomic mass is 10.1. The van der Waals surface area contributed by atoms with Crippen molar-refractivity contribution in [3.63, 3.8) is 0 Å². The summed E-state index contributed by atoms with van der Waals surface area (Å²) in [5, 5.41) is 3.67. The van der Waals surface area contributed by atoms with Crippen molar-refractivity contribution < 1.29 is 23.2 Å². The smallest absolute Gasteiger partial charge is 0.352 e. The van der Waals surface area contributed by atoms with Gasteiger partial charge in [-0.1, -0.05) is 30.8 Å². The third kappa shape index (κ3) is 9.62. The van der Waals surface area contributed by atoms with Crippen LogP contribution in [-0.4, -0.2) is 89.4 Å². The third-order valence-electron chi connectivity index (χ3n) is 6.98.